The molecule has 0 saturated carbocycles. The summed E-state index contributed by atoms with van der Waals surface area (Å²) in [5.41, 5.74) is 10.4. The number of nitrogens with one attached hydrogen (secondary N) is 1. The smallest absolute Gasteiger partial charge is 1.00 e. The summed E-state index contributed by atoms with van der Waals surface area (Å²) >= 11 is 0. The van der Waals surface area contributed by atoms with E-state index in [2.05, 4.69) is 94.4 Å². The van der Waals surface area contributed by atoms with Crippen LogP contribution in [0.25, 0.3) is 5.73 Å². The van der Waals surface area contributed by atoms with Crippen molar-refractivity contribution >= 4 is 25.8 Å². The minimum atomic E-state index is -0.507. The normalized spacial score (nSPS) is 14.1. The van der Waals surface area contributed by atoms with Crippen molar-refractivity contribution in [2.75, 3.05) is 0 Å². The molecular formula is C26H34Cl2HfNOSi. The second-order valence-electron chi connectivity index (χ2n) is 8.34. The number of carbonyl (C=O) groups is 1. The van der Waals surface area contributed by atoms with E-state index in [1.807, 2.05) is 0 Å². The average Bonchev–Trinajstić information content (AvgIpc) is 2.89. The molecule has 0 saturated heterocycles. The predicted molar refractivity (Wildman–Crippen MR) is 128 cm³/mol. The van der Waals surface area contributed by atoms with Gasteiger partial charge in [0.15, 0.2) is 0 Å². The first kappa shape index (κ1) is 35.6. The molecule has 6 heteroatoms. The van der Waals surface area contributed by atoms with E-state index in [0.717, 1.165) is 0 Å². The first-order valence-electron chi connectivity index (χ1n) is 10.0. The van der Waals surface area contributed by atoms with Crippen molar-refractivity contribution in [1.29, 1.82) is 0 Å². The molecule has 32 heavy (non-hydrogen) atoms. The van der Waals surface area contributed by atoms with Gasteiger partial charge in [0.25, 0.3) is 0 Å². The van der Waals surface area contributed by atoms with Crippen LogP contribution in [0.2, 0.25) is 0 Å². The Morgan fingerprint density at radius 2 is 1.22 bits per heavy atom. The van der Waals surface area contributed by atoms with Gasteiger partial charge in [0.05, 0.1) is 5.91 Å². The Morgan fingerprint density at radius 1 is 0.875 bits per heavy atom. The molecule has 0 spiro atoms. The van der Waals surface area contributed by atoms with E-state index in [0.29, 0.717) is 5.92 Å². The third kappa shape index (κ3) is 13.6. The van der Waals surface area contributed by atoms with Crippen LogP contribution in [-0.2, 0) is 30.6 Å². The van der Waals surface area contributed by atoms with E-state index < -0.39 is 11.3 Å². The number of rotatable bonds is 2. The number of allylic oxidation sites excluding steroid dienone is 4. The molecular weight excluding hydrogens is 620 g/mol. The second kappa shape index (κ2) is 17.5. The molecule has 1 amide bonds. The monoisotopic (exact) mass is 654 g/mol. The van der Waals surface area contributed by atoms with Gasteiger partial charge in [0.2, 0.25) is 0 Å². The molecule has 3 rings (SSSR count). The molecule has 0 aliphatic heterocycles. The van der Waals surface area contributed by atoms with Crippen LogP contribution in [0.1, 0.15) is 48.5 Å². The van der Waals surface area contributed by atoms with Gasteiger partial charge in [0.1, 0.15) is 9.52 Å². The zero-order valence-corrected chi connectivity index (χ0v) is 26.4. The number of benzene rings is 2. The minimum absolute atomic E-state index is 0. The fourth-order valence-electron chi connectivity index (χ4n) is 2.45. The molecule has 2 nitrogen and oxygen atoms in total. The van der Waals surface area contributed by atoms with Crippen molar-refractivity contribution in [3.63, 3.8) is 0 Å². The van der Waals surface area contributed by atoms with Crippen molar-refractivity contribution in [2.24, 2.45) is 11.3 Å². The van der Waals surface area contributed by atoms with Crippen LogP contribution in [0.3, 0.4) is 0 Å². The third-order valence-corrected chi connectivity index (χ3v) is 6.29. The standard InChI is InChI=1S/C12H11Si.C9H13.C5H11NO.2ClH.Hf/c1-3-7-11(8-4-1)13-12-9-5-2-6-10-12;1-6-5-7(2)9(4)8(6)3;1-5(2,3)4(6)7;;;/h1-10,13H;6H,1-4H3;1-3H3,(H2,6,7);2*1H;/q;-1;;;;+4/p-3. The molecule has 1 aliphatic carbocycles. The van der Waals surface area contributed by atoms with Crippen molar-refractivity contribution < 1.29 is 55.5 Å². The van der Waals surface area contributed by atoms with Crippen LogP contribution >= 0.6 is 0 Å². The van der Waals surface area contributed by atoms with Gasteiger partial charge in [-0.25, -0.2) is 5.57 Å². The van der Waals surface area contributed by atoms with Gasteiger partial charge in [-0.15, -0.1) is 6.92 Å². The summed E-state index contributed by atoms with van der Waals surface area (Å²) in [6.07, 6.45) is 3.36. The van der Waals surface area contributed by atoms with E-state index >= 15 is 0 Å². The molecule has 171 valence electrons. The summed E-state index contributed by atoms with van der Waals surface area (Å²) in [6, 6.07) is 21.3. The molecule has 0 heterocycles. The van der Waals surface area contributed by atoms with Crippen LogP contribution in [0, 0.1) is 17.4 Å². The molecule has 1 aliphatic rings. The first-order chi connectivity index (χ1) is 13.5. The molecule has 2 aromatic rings. The van der Waals surface area contributed by atoms with Gasteiger partial charge in [-0.05, 0) is 0 Å². The molecule has 1 N–H and O–H groups in total. The molecule has 2 aromatic carbocycles. The topological polar surface area (TPSA) is 40.9 Å². The Morgan fingerprint density at radius 3 is 1.41 bits per heavy atom. The van der Waals surface area contributed by atoms with Crippen LogP contribution < -0.4 is 35.2 Å². The third-order valence-electron chi connectivity index (χ3n) is 4.85. The van der Waals surface area contributed by atoms with E-state index in [4.69, 9.17) is 5.73 Å². The van der Waals surface area contributed by atoms with Crippen LogP contribution in [0.4, 0.5) is 0 Å². The predicted octanol–water partition coefficient (Wildman–Crippen LogP) is -0.587. The maximum Gasteiger partial charge on any atom is 4.00 e. The minimum Gasteiger partial charge on any atom is -1.00 e. The number of carbonyl (C=O) groups excluding carboxylic acids is 1. The molecule has 0 fully saturated rings. The Bertz CT molecular complexity index is 810. The Balaban J connectivity index is -0.000000397. The molecule has 0 aromatic heterocycles. The van der Waals surface area contributed by atoms with Crippen molar-refractivity contribution in [2.45, 2.75) is 48.5 Å². The largest absolute Gasteiger partial charge is 4.00 e. The van der Waals surface area contributed by atoms with Gasteiger partial charge < -0.3 is 35.3 Å². The Hall–Kier alpha value is -0.943. The van der Waals surface area contributed by atoms with Gasteiger partial charge in [-0.2, -0.15) is 11.1 Å². The number of amides is 1. The molecule has 1 atom stereocenters. The van der Waals surface area contributed by atoms with E-state index in [1.165, 1.54) is 27.1 Å². The van der Waals surface area contributed by atoms with Crippen LogP contribution in [0.5, 0.6) is 0 Å². The van der Waals surface area contributed by atoms with Crippen molar-refractivity contribution in [1.82, 2.24) is 0 Å². The van der Waals surface area contributed by atoms with Gasteiger partial charge >= 0.3 is 25.8 Å². The summed E-state index contributed by atoms with van der Waals surface area (Å²) in [5, 5.41) is 2.90. The number of hydrogen-bond donors (Lipinski definition) is 0. The van der Waals surface area contributed by atoms with Gasteiger partial charge in [0, 0.05) is 5.41 Å². The van der Waals surface area contributed by atoms with Gasteiger partial charge in [-0.3, -0.25) is 6.08 Å². The Kier molecular flexibility index (Phi) is 19.5. The summed E-state index contributed by atoms with van der Waals surface area (Å²) in [7, 11) is 0.271. The van der Waals surface area contributed by atoms with Crippen LogP contribution in [0.15, 0.2) is 77.4 Å². The molecule has 1 unspecified atom stereocenters. The maximum absolute atomic E-state index is 10.1. The van der Waals surface area contributed by atoms with Crippen molar-refractivity contribution in [3.8, 4) is 0 Å². The van der Waals surface area contributed by atoms with E-state index in [9.17, 15) is 4.79 Å². The van der Waals surface area contributed by atoms with Crippen LogP contribution in [-0.4, -0.2) is 15.4 Å². The molecule has 0 bridgehead atoms. The zero-order valence-electron chi connectivity index (χ0n) is 20.1. The summed E-state index contributed by atoms with van der Waals surface area (Å²) in [4.78, 5) is 10.1. The second-order valence-corrected chi connectivity index (χ2v) is 9.97. The summed E-state index contributed by atoms with van der Waals surface area (Å²) < 4.78 is 0. The van der Waals surface area contributed by atoms with Crippen molar-refractivity contribution in [3.05, 3.63) is 89.2 Å². The SMILES string of the molecule is CC(C)(C)C([NH-])=O.CC1=[C-]C(C)C(C)=C1C.[Cl-].[Cl-].[Hf+4].c1ccc([SiH]c2ccccc2)cc1. The summed E-state index contributed by atoms with van der Waals surface area (Å²) in [6.45, 7) is 13.8. The first-order valence-corrected chi connectivity index (χ1v) is 11.2. The Labute approximate surface area is 229 Å². The van der Waals surface area contributed by atoms with Gasteiger partial charge in [-0.1, -0.05) is 118 Å². The number of halogens is 2. The van der Waals surface area contributed by atoms with E-state index in [-0.39, 0.29) is 60.2 Å². The van der Waals surface area contributed by atoms with E-state index in [1.54, 1.807) is 20.8 Å². The fourth-order valence-corrected chi connectivity index (χ4v) is 3.67. The number of hydrogen-bond acceptors (Lipinski definition) is 1. The maximum atomic E-state index is 10.1. The average molecular weight is 654 g/mol. The fraction of sp³-hybridized carbons (Fsp3) is 0.346. The quantitative estimate of drug-likeness (QED) is 0.316. The molecule has 1 radical (unpaired) electrons. The summed E-state index contributed by atoms with van der Waals surface area (Å²) in [5.74, 6) is 0.0532. The zero-order chi connectivity index (χ0) is 22.0.